The predicted molar refractivity (Wildman–Crippen MR) is 182 cm³/mol. The first-order chi connectivity index (χ1) is 21.6. The van der Waals surface area contributed by atoms with Crippen molar-refractivity contribution >= 4 is 11.9 Å². The number of rotatable bonds is 22. The second kappa shape index (κ2) is 24.9. The predicted octanol–water partition coefficient (Wildman–Crippen LogP) is 10.7. The molecule has 2 rings (SSSR count). The van der Waals surface area contributed by atoms with E-state index in [1.54, 1.807) is 24.3 Å². The molecule has 0 saturated carbocycles. The summed E-state index contributed by atoms with van der Waals surface area (Å²) in [6, 6.07) is 14.4. The van der Waals surface area contributed by atoms with Crippen molar-refractivity contribution in [2.24, 2.45) is 0 Å². The van der Waals surface area contributed by atoms with Crippen LogP contribution in [0.5, 0.6) is 11.5 Å². The van der Waals surface area contributed by atoms with E-state index in [9.17, 15) is 9.59 Å². The summed E-state index contributed by atoms with van der Waals surface area (Å²) in [5, 5.41) is 0. The topological polar surface area (TPSA) is 52.6 Å². The Kier molecular flexibility index (Phi) is 20.8. The van der Waals surface area contributed by atoms with Crippen LogP contribution in [-0.2, 0) is 9.59 Å². The van der Waals surface area contributed by atoms with Crippen LogP contribution in [-0.4, -0.2) is 11.9 Å². The Balaban J connectivity index is 1.61. The highest BCUT2D eigenvalue weighted by molar-refractivity contribution is 5.72. The molecule has 0 radical (unpaired) electrons. The van der Waals surface area contributed by atoms with Crippen LogP contribution in [0.2, 0.25) is 0 Å². The van der Waals surface area contributed by atoms with E-state index in [4.69, 9.17) is 9.47 Å². The van der Waals surface area contributed by atoms with Crippen LogP contribution in [0, 0.1) is 23.7 Å². The van der Waals surface area contributed by atoms with Crippen LogP contribution in [0.15, 0.2) is 48.5 Å². The highest BCUT2D eigenvalue weighted by atomic mass is 16.5. The smallest absolute Gasteiger partial charge is 0.311 e. The van der Waals surface area contributed by atoms with E-state index in [1.807, 2.05) is 24.3 Å². The van der Waals surface area contributed by atoms with Gasteiger partial charge in [0, 0.05) is 24.0 Å². The van der Waals surface area contributed by atoms with E-state index in [0.717, 1.165) is 36.8 Å². The third-order valence-corrected chi connectivity index (χ3v) is 7.62. The van der Waals surface area contributed by atoms with Crippen molar-refractivity contribution < 1.29 is 19.1 Å². The van der Waals surface area contributed by atoms with Crippen molar-refractivity contribution in [2.75, 3.05) is 0 Å². The number of carbonyl (C=O) groups excluding carboxylic acids is 2. The van der Waals surface area contributed by atoms with Crippen LogP contribution in [0.25, 0.3) is 0 Å². The van der Waals surface area contributed by atoms with Gasteiger partial charge in [-0.3, -0.25) is 9.59 Å². The van der Waals surface area contributed by atoms with Crippen molar-refractivity contribution in [3.8, 4) is 35.2 Å². The zero-order chi connectivity index (χ0) is 31.5. The Hall–Kier alpha value is -3.50. The summed E-state index contributed by atoms with van der Waals surface area (Å²) in [4.78, 5) is 24.3. The number of unbranched alkanes of at least 4 members (excludes halogenated alkanes) is 16. The highest BCUT2D eigenvalue weighted by Gasteiger charge is 2.06. The van der Waals surface area contributed by atoms with Crippen molar-refractivity contribution in [1.82, 2.24) is 0 Å². The average Bonchev–Trinajstić information content (AvgIpc) is 3.03. The van der Waals surface area contributed by atoms with E-state index in [1.165, 1.54) is 89.9 Å². The molecule has 0 bridgehead atoms. The fourth-order valence-corrected chi connectivity index (χ4v) is 4.94. The lowest BCUT2D eigenvalue weighted by Gasteiger charge is -2.05. The van der Waals surface area contributed by atoms with Crippen LogP contribution >= 0.6 is 0 Å². The minimum atomic E-state index is -0.183. The summed E-state index contributed by atoms with van der Waals surface area (Å²) in [7, 11) is 0. The van der Waals surface area contributed by atoms with Gasteiger partial charge in [0.2, 0.25) is 0 Å². The summed E-state index contributed by atoms with van der Waals surface area (Å²) in [6.07, 6.45) is 22.9. The molecule has 2 aromatic carbocycles. The fourth-order valence-electron chi connectivity index (χ4n) is 4.94. The Labute approximate surface area is 267 Å². The zero-order valence-corrected chi connectivity index (χ0v) is 27.4. The zero-order valence-electron chi connectivity index (χ0n) is 27.4. The van der Waals surface area contributed by atoms with E-state index >= 15 is 0 Å². The number of hydrogen-bond donors (Lipinski definition) is 0. The molecule has 0 aromatic heterocycles. The van der Waals surface area contributed by atoms with E-state index in [-0.39, 0.29) is 11.9 Å². The molecule has 238 valence electrons. The lowest BCUT2D eigenvalue weighted by Crippen LogP contribution is -2.07. The van der Waals surface area contributed by atoms with Gasteiger partial charge in [-0.2, -0.15) is 0 Å². The first-order valence-electron chi connectivity index (χ1n) is 17.2. The molecule has 0 amide bonds. The van der Waals surface area contributed by atoms with Crippen molar-refractivity contribution in [1.29, 1.82) is 0 Å². The fraction of sp³-hybridized carbons (Fsp3) is 0.550. The van der Waals surface area contributed by atoms with Crippen LogP contribution in [0.3, 0.4) is 0 Å². The molecule has 0 heterocycles. The molecule has 4 heteroatoms. The SMILES string of the molecule is CCCCCCCCCCCC(=O)Oc1ccc(C#CC#Cc2ccc(OC(=O)CCCCCCCCCCC)cc2)cc1. The number of ether oxygens (including phenoxy) is 2. The molecule has 0 unspecified atom stereocenters. The molecule has 0 N–H and O–H groups in total. The molecular formula is C40H54O4. The molecule has 0 fully saturated rings. The molecule has 0 aliphatic heterocycles. The van der Waals surface area contributed by atoms with E-state index in [2.05, 4.69) is 37.5 Å². The Bertz CT molecular complexity index is 1080. The second-order valence-corrected chi connectivity index (χ2v) is 11.7. The third-order valence-electron chi connectivity index (χ3n) is 7.62. The summed E-state index contributed by atoms with van der Waals surface area (Å²) in [5.41, 5.74) is 1.60. The summed E-state index contributed by atoms with van der Waals surface area (Å²) < 4.78 is 10.9. The second-order valence-electron chi connectivity index (χ2n) is 11.7. The van der Waals surface area contributed by atoms with E-state index < -0.39 is 0 Å². The number of benzene rings is 2. The summed E-state index contributed by atoms with van der Waals surface area (Å²) >= 11 is 0. The van der Waals surface area contributed by atoms with Gasteiger partial charge in [0.05, 0.1) is 0 Å². The van der Waals surface area contributed by atoms with Crippen LogP contribution in [0.1, 0.15) is 153 Å². The maximum absolute atomic E-state index is 12.1. The van der Waals surface area contributed by atoms with Crippen LogP contribution < -0.4 is 9.47 Å². The third kappa shape index (κ3) is 18.9. The van der Waals surface area contributed by atoms with Crippen molar-refractivity contribution in [3.05, 3.63) is 59.7 Å². The minimum Gasteiger partial charge on any atom is -0.427 e. The number of esters is 2. The van der Waals surface area contributed by atoms with Gasteiger partial charge in [-0.25, -0.2) is 0 Å². The van der Waals surface area contributed by atoms with Gasteiger partial charge in [0.15, 0.2) is 0 Å². The first-order valence-corrected chi connectivity index (χ1v) is 17.2. The summed E-state index contributed by atoms with van der Waals surface area (Å²) in [5.74, 6) is 12.5. The molecule has 0 spiro atoms. The quantitative estimate of drug-likeness (QED) is 0.0585. The number of carbonyl (C=O) groups is 2. The van der Waals surface area contributed by atoms with Gasteiger partial charge in [-0.05, 0) is 73.2 Å². The Morgan fingerprint density at radius 1 is 0.455 bits per heavy atom. The number of hydrogen-bond acceptors (Lipinski definition) is 4. The molecule has 0 saturated heterocycles. The van der Waals surface area contributed by atoms with Gasteiger partial charge in [0.25, 0.3) is 0 Å². The highest BCUT2D eigenvalue weighted by Crippen LogP contribution is 2.16. The van der Waals surface area contributed by atoms with E-state index in [0.29, 0.717) is 24.3 Å². The first kappa shape index (κ1) is 36.7. The molecule has 4 nitrogen and oxygen atoms in total. The normalized spacial score (nSPS) is 10.3. The van der Waals surface area contributed by atoms with Crippen LogP contribution in [0.4, 0.5) is 0 Å². The Morgan fingerprint density at radius 2 is 0.750 bits per heavy atom. The lowest BCUT2D eigenvalue weighted by atomic mass is 10.1. The monoisotopic (exact) mass is 598 g/mol. The molecule has 2 aromatic rings. The molecule has 0 aliphatic carbocycles. The van der Waals surface area contributed by atoms with Gasteiger partial charge < -0.3 is 9.47 Å². The van der Waals surface area contributed by atoms with Gasteiger partial charge >= 0.3 is 11.9 Å². The molecule has 0 atom stereocenters. The van der Waals surface area contributed by atoms with Gasteiger partial charge in [-0.15, -0.1) is 0 Å². The minimum absolute atomic E-state index is 0.183. The van der Waals surface area contributed by atoms with Crippen molar-refractivity contribution in [2.45, 2.75) is 142 Å². The van der Waals surface area contributed by atoms with Gasteiger partial charge in [-0.1, -0.05) is 128 Å². The Morgan fingerprint density at radius 3 is 1.07 bits per heavy atom. The largest absolute Gasteiger partial charge is 0.427 e. The molecular weight excluding hydrogens is 544 g/mol. The molecule has 0 aliphatic rings. The standard InChI is InChI=1S/C40H54O4/c1-3-5-7-9-11-13-15-17-19-25-39(41)43-37-31-27-35(28-32-37)23-21-22-24-36-29-33-38(34-30-36)44-40(42)26-20-18-16-14-12-10-8-6-4-2/h27-34H,3-20,25-26H2,1-2H3. The lowest BCUT2D eigenvalue weighted by molar-refractivity contribution is -0.135. The maximum Gasteiger partial charge on any atom is 0.311 e. The van der Waals surface area contributed by atoms with Gasteiger partial charge in [0.1, 0.15) is 11.5 Å². The summed E-state index contributed by atoms with van der Waals surface area (Å²) in [6.45, 7) is 4.48. The molecule has 44 heavy (non-hydrogen) atoms. The average molecular weight is 599 g/mol. The van der Waals surface area contributed by atoms with Crippen molar-refractivity contribution in [3.63, 3.8) is 0 Å². The maximum atomic E-state index is 12.1.